The van der Waals surface area contributed by atoms with Crippen molar-refractivity contribution in [3.05, 3.63) is 52.1 Å². The van der Waals surface area contributed by atoms with Gasteiger partial charge in [0.05, 0.1) is 10.0 Å². The Morgan fingerprint density at radius 1 is 1.17 bits per heavy atom. The number of nitrogens with zero attached hydrogens (tertiary/aromatic N) is 1. The van der Waals surface area contributed by atoms with Gasteiger partial charge in [0.1, 0.15) is 5.75 Å². The molecule has 1 aromatic heterocycles. The molecule has 2 N–H and O–H groups in total. The maximum Gasteiger partial charge on any atom is 0.219 e. The number of benzene rings is 1. The van der Waals surface area contributed by atoms with Crippen molar-refractivity contribution in [2.75, 3.05) is 0 Å². The average Bonchev–Trinajstić information content (AvgIpc) is 2.34. The van der Waals surface area contributed by atoms with Crippen LogP contribution in [0.25, 0.3) is 0 Å². The molecule has 0 bridgehead atoms. The number of rotatable bonds is 3. The summed E-state index contributed by atoms with van der Waals surface area (Å²) >= 11 is 11.7. The molecule has 18 heavy (non-hydrogen) atoms. The van der Waals surface area contributed by atoms with Crippen LogP contribution < -0.4 is 10.5 Å². The standard InChI is InChI=1S/C13H12Cl2N2O/c1-8(16)9-2-5-13(17-7-9)18-10-3-4-11(14)12(15)6-10/h2-8H,16H2,1H3. The molecule has 1 unspecified atom stereocenters. The first-order chi connectivity index (χ1) is 8.56. The maximum atomic E-state index is 5.90. The Morgan fingerprint density at radius 3 is 2.50 bits per heavy atom. The number of nitrogens with two attached hydrogens (primary N) is 1. The summed E-state index contributed by atoms with van der Waals surface area (Å²) in [6.07, 6.45) is 1.69. The molecule has 0 amide bonds. The molecule has 0 aliphatic heterocycles. The molecule has 1 heterocycles. The normalized spacial score (nSPS) is 12.2. The summed E-state index contributed by atoms with van der Waals surface area (Å²) in [5.74, 6) is 1.07. The molecule has 1 aromatic carbocycles. The Morgan fingerprint density at radius 2 is 1.94 bits per heavy atom. The second-order valence-electron chi connectivity index (χ2n) is 3.90. The number of ether oxygens (including phenoxy) is 1. The minimum Gasteiger partial charge on any atom is -0.439 e. The lowest BCUT2D eigenvalue weighted by molar-refractivity contribution is 0.462. The molecule has 94 valence electrons. The summed E-state index contributed by atoms with van der Waals surface area (Å²) in [6, 6.07) is 8.65. The third kappa shape index (κ3) is 3.13. The van der Waals surface area contributed by atoms with Gasteiger partial charge in [-0.3, -0.25) is 0 Å². The highest BCUT2D eigenvalue weighted by Gasteiger charge is 2.04. The van der Waals surface area contributed by atoms with E-state index in [0.29, 0.717) is 21.7 Å². The molecule has 0 radical (unpaired) electrons. The summed E-state index contributed by atoms with van der Waals surface area (Å²) in [7, 11) is 0. The fourth-order valence-corrected chi connectivity index (χ4v) is 1.67. The van der Waals surface area contributed by atoms with E-state index in [1.807, 2.05) is 13.0 Å². The van der Waals surface area contributed by atoms with E-state index in [0.717, 1.165) is 5.56 Å². The van der Waals surface area contributed by atoms with Crippen molar-refractivity contribution in [3.63, 3.8) is 0 Å². The van der Waals surface area contributed by atoms with Gasteiger partial charge in [-0.05, 0) is 24.6 Å². The minimum absolute atomic E-state index is 0.0449. The van der Waals surface area contributed by atoms with Crippen LogP contribution in [0.4, 0.5) is 0 Å². The van der Waals surface area contributed by atoms with Crippen LogP contribution in [0.15, 0.2) is 36.5 Å². The van der Waals surface area contributed by atoms with Gasteiger partial charge in [-0.15, -0.1) is 0 Å². The summed E-state index contributed by atoms with van der Waals surface area (Å²) in [5.41, 5.74) is 6.70. The molecule has 0 spiro atoms. The molecule has 1 atom stereocenters. The van der Waals surface area contributed by atoms with Crippen LogP contribution in [0.5, 0.6) is 11.6 Å². The average molecular weight is 283 g/mol. The lowest BCUT2D eigenvalue weighted by Gasteiger charge is -2.08. The topological polar surface area (TPSA) is 48.1 Å². The van der Waals surface area contributed by atoms with Gasteiger partial charge in [0, 0.05) is 24.4 Å². The second-order valence-corrected chi connectivity index (χ2v) is 4.71. The Labute approximate surface area is 115 Å². The highest BCUT2D eigenvalue weighted by atomic mass is 35.5. The summed E-state index contributed by atoms with van der Waals surface area (Å²) in [6.45, 7) is 1.90. The van der Waals surface area contributed by atoms with Crippen LogP contribution in [0.2, 0.25) is 10.0 Å². The Bertz CT molecular complexity index is 541. The van der Waals surface area contributed by atoms with Gasteiger partial charge in [0.2, 0.25) is 5.88 Å². The molecule has 2 aromatic rings. The van der Waals surface area contributed by atoms with E-state index in [1.165, 1.54) is 0 Å². The van der Waals surface area contributed by atoms with E-state index in [9.17, 15) is 0 Å². The van der Waals surface area contributed by atoms with Gasteiger partial charge in [0.15, 0.2) is 0 Å². The van der Waals surface area contributed by atoms with E-state index in [2.05, 4.69) is 4.98 Å². The van der Waals surface area contributed by atoms with E-state index in [1.54, 1.807) is 30.5 Å². The molecule has 3 nitrogen and oxygen atoms in total. The highest BCUT2D eigenvalue weighted by molar-refractivity contribution is 6.42. The molecule has 0 aliphatic carbocycles. The molecule has 5 heteroatoms. The lowest BCUT2D eigenvalue weighted by atomic mass is 10.2. The summed E-state index contributed by atoms with van der Waals surface area (Å²) in [5, 5.41) is 0.936. The van der Waals surface area contributed by atoms with Gasteiger partial charge in [-0.1, -0.05) is 29.3 Å². The zero-order valence-corrected chi connectivity index (χ0v) is 11.2. The highest BCUT2D eigenvalue weighted by Crippen LogP contribution is 2.28. The predicted molar refractivity (Wildman–Crippen MR) is 73.4 cm³/mol. The van der Waals surface area contributed by atoms with Crippen LogP contribution in [0.1, 0.15) is 18.5 Å². The molecule has 0 fully saturated rings. The van der Waals surface area contributed by atoms with Crippen molar-refractivity contribution < 1.29 is 4.74 Å². The van der Waals surface area contributed by atoms with Crippen molar-refractivity contribution in [2.24, 2.45) is 5.73 Å². The molecule has 0 aliphatic rings. The fourth-order valence-electron chi connectivity index (χ4n) is 1.38. The molecular formula is C13H12Cl2N2O. The van der Waals surface area contributed by atoms with Crippen LogP contribution in [-0.4, -0.2) is 4.98 Å². The van der Waals surface area contributed by atoms with Crippen molar-refractivity contribution in [1.82, 2.24) is 4.98 Å². The zero-order chi connectivity index (χ0) is 13.1. The van der Waals surface area contributed by atoms with Gasteiger partial charge in [-0.25, -0.2) is 4.98 Å². The monoisotopic (exact) mass is 282 g/mol. The Kier molecular flexibility index (Phi) is 4.07. The third-order valence-electron chi connectivity index (χ3n) is 2.40. The number of pyridine rings is 1. The zero-order valence-electron chi connectivity index (χ0n) is 9.73. The Hall–Kier alpha value is -1.29. The summed E-state index contributed by atoms with van der Waals surface area (Å²) in [4.78, 5) is 4.17. The minimum atomic E-state index is -0.0449. The third-order valence-corrected chi connectivity index (χ3v) is 3.14. The van der Waals surface area contributed by atoms with E-state index >= 15 is 0 Å². The second kappa shape index (κ2) is 5.57. The quantitative estimate of drug-likeness (QED) is 0.918. The first-order valence-corrected chi connectivity index (χ1v) is 6.16. The van der Waals surface area contributed by atoms with Gasteiger partial charge in [-0.2, -0.15) is 0 Å². The molecule has 2 rings (SSSR count). The Balaban J connectivity index is 2.15. The van der Waals surface area contributed by atoms with Crippen LogP contribution in [0.3, 0.4) is 0 Å². The first-order valence-electron chi connectivity index (χ1n) is 5.40. The molecular weight excluding hydrogens is 271 g/mol. The SMILES string of the molecule is CC(N)c1ccc(Oc2ccc(Cl)c(Cl)c2)nc1. The number of aromatic nitrogens is 1. The van der Waals surface area contributed by atoms with Gasteiger partial charge < -0.3 is 10.5 Å². The molecule has 0 saturated carbocycles. The van der Waals surface area contributed by atoms with Gasteiger partial charge >= 0.3 is 0 Å². The van der Waals surface area contributed by atoms with Crippen molar-refractivity contribution in [1.29, 1.82) is 0 Å². The van der Waals surface area contributed by atoms with Crippen molar-refractivity contribution >= 4 is 23.2 Å². The molecule has 0 saturated heterocycles. The number of hydrogen-bond donors (Lipinski definition) is 1. The lowest BCUT2D eigenvalue weighted by Crippen LogP contribution is -2.05. The summed E-state index contributed by atoms with van der Waals surface area (Å²) < 4.78 is 5.55. The predicted octanol–water partition coefficient (Wildman–Crippen LogP) is 4.20. The van der Waals surface area contributed by atoms with E-state index in [4.69, 9.17) is 33.7 Å². The van der Waals surface area contributed by atoms with E-state index < -0.39 is 0 Å². The number of halogens is 2. The van der Waals surface area contributed by atoms with Crippen molar-refractivity contribution in [3.8, 4) is 11.6 Å². The smallest absolute Gasteiger partial charge is 0.219 e. The maximum absolute atomic E-state index is 5.90. The van der Waals surface area contributed by atoms with Crippen molar-refractivity contribution in [2.45, 2.75) is 13.0 Å². The largest absolute Gasteiger partial charge is 0.439 e. The van der Waals surface area contributed by atoms with Crippen LogP contribution in [0, 0.1) is 0 Å². The first kappa shape index (κ1) is 13.1. The number of hydrogen-bond acceptors (Lipinski definition) is 3. The van der Waals surface area contributed by atoms with Crippen LogP contribution >= 0.6 is 23.2 Å². The van der Waals surface area contributed by atoms with Gasteiger partial charge in [0.25, 0.3) is 0 Å². The van der Waals surface area contributed by atoms with Crippen LogP contribution in [-0.2, 0) is 0 Å². The fraction of sp³-hybridized carbons (Fsp3) is 0.154. The van der Waals surface area contributed by atoms with E-state index in [-0.39, 0.29) is 6.04 Å².